The standard InChI is InChI=1S/C18H28FN3O3S/c1-4-20-18(21-10-11-26(23,24)5-2)22-12-14(3)25-17(13-22)15-6-8-16(19)9-7-15/h6-9,14,17H,4-5,10-13H2,1-3H3,(H,20,21). The molecule has 1 aromatic carbocycles. The molecule has 1 fully saturated rings. The third-order valence-electron chi connectivity index (χ3n) is 4.24. The second kappa shape index (κ2) is 9.32. The summed E-state index contributed by atoms with van der Waals surface area (Å²) >= 11 is 0. The summed E-state index contributed by atoms with van der Waals surface area (Å²) in [5.74, 6) is 0.572. The largest absolute Gasteiger partial charge is 0.367 e. The Kier molecular flexibility index (Phi) is 7.40. The van der Waals surface area contributed by atoms with E-state index in [1.165, 1.54) is 12.1 Å². The van der Waals surface area contributed by atoms with Gasteiger partial charge in [0.15, 0.2) is 15.8 Å². The van der Waals surface area contributed by atoms with Crippen LogP contribution in [0.25, 0.3) is 0 Å². The molecule has 6 nitrogen and oxygen atoms in total. The van der Waals surface area contributed by atoms with Gasteiger partial charge in [0.25, 0.3) is 0 Å². The molecule has 26 heavy (non-hydrogen) atoms. The Morgan fingerprint density at radius 2 is 2.00 bits per heavy atom. The van der Waals surface area contributed by atoms with Crippen LogP contribution in [-0.4, -0.2) is 63.1 Å². The summed E-state index contributed by atoms with van der Waals surface area (Å²) in [5, 5.41) is 3.22. The van der Waals surface area contributed by atoms with Gasteiger partial charge >= 0.3 is 0 Å². The van der Waals surface area contributed by atoms with Crippen molar-refractivity contribution in [2.24, 2.45) is 4.99 Å². The molecule has 1 saturated heterocycles. The Morgan fingerprint density at radius 3 is 2.62 bits per heavy atom. The fourth-order valence-corrected chi connectivity index (χ4v) is 3.50. The molecule has 2 rings (SSSR count). The number of aliphatic imine (C=N–C) groups is 1. The topological polar surface area (TPSA) is 71.0 Å². The predicted octanol–water partition coefficient (Wildman–Crippen LogP) is 1.99. The van der Waals surface area contributed by atoms with Crippen molar-refractivity contribution in [1.29, 1.82) is 0 Å². The number of rotatable bonds is 6. The van der Waals surface area contributed by atoms with Gasteiger partial charge in [-0.05, 0) is 31.5 Å². The van der Waals surface area contributed by atoms with Crippen LogP contribution in [0.4, 0.5) is 4.39 Å². The number of morpholine rings is 1. The van der Waals surface area contributed by atoms with Crippen LogP contribution in [0.5, 0.6) is 0 Å². The van der Waals surface area contributed by atoms with E-state index in [0.29, 0.717) is 25.6 Å². The van der Waals surface area contributed by atoms with Gasteiger partial charge in [-0.25, -0.2) is 12.8 Å². The third-order valence-corrected chi connectivity index (χ3v) is 5.92. The van der Waals surface area contributed by atoms with Gasteiger partial charge in [0.2, 0.25) is 0 Å². The van der Waals surface area contributed by atoms with Crippen LogP contribution in [0.2, 0.25) is 0 Å². The van der Waals surface area contributed by atoms with Crippen molar-refractivity contribution in [2.75, 3.05) is 37.7 Å². The summed E-state index contributed by atoms with van der Waals surface area (Å²) < 4.78 is 42.5. The van der Waals surface area contributed by atoms with E-state index in [-0.39, 0.29) is 36.1 Å². The first-order valence-corrected chi connectivity index (χ1v) is 10.8. The number of hydrogen-bond acceptors (Lipinski definition) is 4. The first-order valence-electron chi connectivity index (χ1n) is 8.99. The van der Waals surface area contributed by atoms with Crippen LogP contribution < -0.4 is 5.32 Å². The molecule has 0 bridgehead atoms. The maximum atomic E-state index is 13.2. The minimum Gasteiger partial charge on any atom is -0.367 e. The fraction of sp³-hybridized carbons (Fsp3) is 0.611. The average molecular weight is 386 g/mol. The van der Waals surface area contributed by atoms with Crippen molar-refractivity contribution in [2.45, 2.75) is 33.0 Å². The minimum atomic E-state index is -3.04. The molecule has 1 N–H and O–H groups in total. The summed E-state index contributed by atoms with van der Waals surface area (Å²) in [6, 6.07) is 6.32. The monoisotopic (exact) mass is 385 g/mol. The zero-order valence-corrected chi connectivity index (χ0v) is 16.4. The molecule has 1 aliphatic heterocycles. The number of hydrogen-bond donors (Lipinski definition) is 1. The van der Waals surface area contributed by atoms with Crippen LogP contribution >= 0.6 is 0 Å². The van der Waals surface area contributed by atoms with E-state index in [1.807, 2.05) is 13.8 Å². The van der Waals surface area contributed by atoms with E-state index in [0.717, 1.165) is 5.56 Å². The van der Waals surface area contributed by atoms with Gasteiger partial charge in [-0.2, -0.15) is 0 Å². The summed E-state index contributed by atoms with van der Waals surface area (Å²) in [4.78, 5) is 6.56. The molecule has 8 heteroatoms. The lowest BCUT2D eigenvalue weighted by Crippen LogP contribution is -2.50. The second-order valence-corrected chi connectivity index (χ2v) is 8.84. The normalized spacial score (nSPS) is 21.7. The van der Waals surface area contributed by atoms with E-state index in [9.17, 15) is 12.8 Å². The number of halogens is 1. The molecule has 2 unspecified atom stereocenters. The van der Waals surface area contributed by atoms with Gasteiger partial charge in [0, 0.05) is 18.8 Å². The molecular weight excluding hydrogens is 357 g/mol. The van der Waals surface area contributed by atoms with Crippen molar-refractivity contribution < 1.29 is 17.5 Å². The zero-order valence-electron chi connectivity index (χ0n) is 15.6. The van der Waals surface area contributed by atoms with Gasteiger partial charge < -0.3 is 15.0 Å². The first-order chi connectivity index (χ1) is 12.3. The van der Waals surface area contributed by atoms with Gasteiger partial charge in [-0.3, -0.25) is 4.99 Å². The highest BCUT2D eigenvalue weighted by Crippen LogP contribution is 2.25. The second-order valence-electron chi connectivity index (χ2n) is 6.36. The Labute approximate surface area is 155 Å². The summed E-state index contributed by atoms with van der Waals surface area (Å²) in [5.41, 5.74) is 0.910. The zero-order chi connectivity index (χ0) is 19.2. The average Bonchev–Trinajstić information content (AvgIpc) is 2.61. The maximum absolute atomic E-state index is 13.2. The highest BCUT2D eigenvalue weighted by Gasteiger charge is 2.28. The van der Waals surface area contributed by atoms with Gasteiger partial charge in [0.1, 0.15) is 11.9 Å². The van der Waals surface area contributed by atoms with E-state index in [2.05, 4.69) is 15.2 Å². The highest BCUT2D eigenvalue weighted by atomic mass is 32.2. The molecule has 0 saturated carbocycles. The highest BCUT2D eigenvalue weighted by molar-refractivity contribution is 7.91. The van der Waals surface area contributed by atoms with Crippen molar-refractivity contribution in [3.8, 4) is 0 Å². The molecule has 1 aliphatic rings. The van der Waals surface area contributed by atoms with Crippen LogP contribution in [0.3, 0.4) is 0 Å². The lowest BCUT2D eigenvalue weighted by atomic mass is 10.1. The van der Waals surface area contributed by atoms with Gasteiger partial charge in [-0.1, -0.05) is 19.1 Å². The molecule has 146 valence electrons. The van der Waals surface area contributed by atoms with Crippen molar-refractivity contribution in [1.82, 2.24) is 10.2 Å². The number of ether oxygens (including phenoxy) is 1. The van der Waals surface area contributed by atoms with E-state index in [1.54, 1.807) is 19.1 Å². The molecule has 1 heterocycles. The van der Waals surface area contributed by atoms with Crippen molar-refractivity contribution in [3.63, 3.8) is 0 Å². The number of nitrogens with zero attached hydrogens (tertiary/aromatic N) is 2. The van der Waals surface area contributed by atoms with Gasteiger partial charge in [-0.15, -0.1) is 0 Å². The first kappa shape index (κ1) is 20.6. The Balaban J connectivity index is 2.12. The Hall–Kier alpha value is -1.67. The van der Waals surface area contributed by atoms with Crippen LogP contribution in [0, 0.1) is 5.82 Å². The predicted molar refractivity (Wildman–Crippen MR) is 102 cm³/mol. The van der Waals surface area contributed by atoms with E-state index < -0.39 is 9.84 Å². The smallest absolute Gasteiger partial charge is 0.194 e. The Bertz CT molecular complexity index is 707. The van der Waals surface area contributed by atoms with Crippen LogP contribution in [-0.2, 0) is 14.6 Å². The van der Waals surface area contributed by atoms with E-state index >= 15 is 0 Å². The summed E-state index contributed by atoms with van der Waals surface area (Å²) in [6.45, 7) is 7.73. The Morgan fingerprint density at radius 1 is 1.31 bits per heavy atom. The van der Waals surface area contributed by atoms with Crippen molar-refractivity contribution >= 4 is 15.8 Å². The van der Waals surface area contributed by atoms with E-state index in [4.69, 9.17) is 4.74 Å². The number of nitrogens with one attached hydrogen (secondary N) is 1. The molecule has 1 aromatic rings. The lowest BCUT2D eigenvalue weighted by Gasteiger charge is -2.38. The molecule has 0 aromatic heterocycles. The summed E-state index contributed by atoms with van der Waals surface area (Å²) in [7, 11) is -3.04. The van der Waals surface area contributed by atoms with Crippen LogP contribution in [0.15, 0.2) is 29.3 Å². The molecule has 2 atom stereocenters. The molecule has 0 amide bonds. The summed E-state index contributed by atoms with van der Waals surface area (Å²) in [6.07, 6.45) is -0.218. The molecule has 0 aliphatic carbocycles. The number of benzene rings is 1. The minimum absolute atomic E-state index is 0.0259. The third kappa shape index (κ3) is 5.95. The fourth-order valence-electron chi connectivity index (χ4n) is 2.85. The maximum Gasteiger partial charge on any atom is 0.194 e. The van der Waals surface area contributed by atoms with Crippen molar-refractivity contribution in [3.05, 3.63) is 35.6 Å². The molecular formula is C18H28FN3O3S. The molecule has 0 spiro atoms. The quantitative estimate of drug-likeness (QED) is 0.599. The van der Waals surface area contributed by atoms with Crippen LogP contribution in [0.1, 0.15) is 32.4 Å². The van der Waals surface area contributed by atoms with Gasteiger partial charge in [0.05, 0.1) is 24.9 Å². The number of sulfone groups is 1. The lowest BCUT2D eigenvalue weighted by molar-refractivity contribution is -0.0605. The number of guanidine groups is 1. The SMILES string of the molecule is CCNC(=NCCS(=O)(=O)CC)N1CC(C)OC(c2ccc(F)cc2)C1. The molecule has 0 radical (unpaired) electrons.